The van der Waals surface area contributed by atoms with Crippen LogP contribution in [0.5, 0.6) is 0 Å². The van der Waals surface area contributed by atoms with Crippen molar-refractivity contribution in [1.29, 1.82) is 0 Å². The second-order valence-corrected chi connectivity index (χ2v) is 3.81. The second-order valence-electron chi connectivity index (χ2n) is 2.95. The quantitative estimate of drug-likeness (QED) is 0.841. The molecule has 1 aromatic rings. The number of halogens is 5. The minimum atomic E-state index is -4.23. The number of benzene rings is 1. The highest BCUT2D eigenvalue weighted by molar-refractivity contribution is 9.10. The Labute approximate surface area is 92.6 Å². The topological polar surface area (TPSA) is 12.0 Å². The van der Waals surface area contributed by atoms with Crippen molar-refractivity contribution in [3.05, 3.63) is 34.1 Å². The average Bonchev–Trinajstić information content (AvgIpc) is 2.07. The molecule has 0 heterocycles. The predicted molar refractivity (Wildman–Crippen MR) is 51.9 cm³/mol. The standard InChI is InChI=1S/C9H8BrF4N/c10-8-3-7(11)2-1-6(8)4-15-5-9(12,13)14/h1-3,15H,4-5H2. The van der Waals surface area contributed by atoms with Crippen LogP contribution >= 0.6 is 15.9 Å². The maximum atomic E-state index is 12.6. The van der Waals surface area contributed by atoms with Crippen molar-refractivity contribution in [2.24, 2.45) is 0 Å². The molecule has 1 aromatic carbocycles. The molecule has 1 rings (SSSR count). The van der Waals surface area contributed by atoms with Crippen molar-refractivity contribution in [1.82, 2.24) is 5.32 Å². The zero-order valence-corrected chi connectivity index (χ0v) is 9.12. The normalized spacial score (nSPS) is 11.8. The second kappa shape index (κ2) is 4.94. The number of hydrogen-bond donors (Lipinski definition) is 1. The highest BCUT2D eigenvalue weighted by atomic mass is 79.9. The van der Waals surface area contributed by atoms with Crippen molar-refractivity contribution in [2.75, 3.05) is 6.54 Å². The molecule has 0 bridgehead atoms. The SMILES string of the molecule is Fc1ccc(CNCC(F)(F)F)c(Br)c1. The molecule has 1 nitrogen and oxygen atoms in total. The van der Waals surface area contributed by atoms with Crippen LogP contribution in [0.2, 0.25) is 0 Å². The van der Waals surface area contributed by atoms with Crippen LogP contribution in [-0.4, -0.2) is 12.7 Å². The van der Waals surface area contributed by atoms with Crippen molar-refractivity contribution >= 4 is 15.9 Å². The lowest BCUT2D eigenvalue weighted by atomic mass is 10.2. The van der Waals surface area contributed by atoms with E-state index in [1.165, 1.54) is 18.2 Å². The Morgan fingerprint density at radius 2 is 1.93 bits per heavy atom. The van der Waals surface area contributed by atoms with Gasteiger partial charge >= 0.3 is 6.18 Å². The fourth-order valence-corrected chi connectivity index (χ4v) is 1.49. The van der Waals surface area contributed by atoms with Crippen LogP contribution in [0.15, 0.2) is 22.7 Å². The molecule has 0 radical (unpaired) electrons. The Morgan fingerprint density at radius 1 is 1.27 bits per heavy atom. The van der Waals surface area contributed by atoms with E-state index in [1.807, 2.05) is 0 Å². The van der Waals surface area contributed by atoms with E-state index >= 15 is 0 Å². The van der Waals surface area contributed by atoms with Gasteiger partial charge in [-0.1, -0.05) is 22.0 Å². The fraction of sp³-hybridized carbons (Fsp3) is 0.333. The zero-order valence-electron chi connectivity index (χ0n) is 7.54. The maximum Gasteiger partial charge on any atom is 0.401 e. The van der Waals surface area contributed by atoms with E-state index in [4.69, 9.17) is 0 Å². The number of nitrogens with one attached hydrogen (secondary N) is 1. The van der Waals surface area contributed by atoms with Crippen LogP contribution in [0, 0.1) is 5.82 Å². The molecule has 1 N–H and O–H groups in total. The number of hydrogen-bond acceptors (Lipinski definition) is 1. The molecule has 0 aliphatic carbocycles. The summed E-state index contributed by atoms with van der Waals surface area (Å²) in [6, 6.07) is 3.85. The molecular weight excluding hydrogens is 278 g/mol. The van der Waals surface area contributed by atoms with Crippen LogP contribution in [-0.2, 0) is 6.54 Å². The first kappa shape index (κ1) is 12.4. The summed E-state index contributed by atoms with van der Waals surface area (Å²) >= 11 is 3.07. The van der Waals surface area contributed by atoms with E-state index in [0.717, 1.165) is 0 Å². The molecule has 0 spiro atoms. The number of rotatable bonds is 3. The molecule has 0 aliphatic heterocycles. The highest BCUT2D eigenvalue weighted by Gasteiger charge is 2.26. The summed E-state index contributed by atoms with van der Waals surface area (Å²) in [5, 5.41) is 2.22. The number of alkyl halides is 3. The Hall–Kier alpha value is -0.620. The van der Waals surface area contributed by atoms with Crippen LogP contribution in [0.25, 0.3) is 0 Å². The van der Waals surface area contributed by atoms with Gasteiger partial charge in [0, 0.05) is 11.0 Å². The third-order valence-corrected chi connectivity index (χ3v) is 2.39. The van der Waals surface area contributed by atoms with Crippen molar-refractivity contribution in [2.45, 2.75) is 12.7 Å². The highest BCUT2D eigenvalue weighted by Crippen LogP contribution is 2.18. The summed E-state index contributed by atoms with van der Waals surface area (Å²) in [5.41, 5.74) is 0.584. The first-order valence-electron chi connectivity index (χ1n) is 4.10. The van der Waals surface area contributed by atoms with E-state index in [-0.39, 0.29) is 6.54 Å². The van der Waals surface area contributed by atoms with Gasteiger partial charge in [0.15, 0.2) is 0 Å². The molecular formula is C9H8BrF4N. The first-order chi connectivity index (χ1) is 6.88. The molecule has 0 saturated heterocycles. The first-order valence-corrected chi connectivity index (χ1v) is 4.89. The van der Waals surface area contributed by atoms with Gasteiger partial charge in [0.2, 0.25) is 0 Å². The lowest BCUT2D eigenvalue weighted by Crippen LogP contribution is -2.28. The Morgan fingerprint density at radius 3 is 2.47 bits per heavy atom. The molecule has 0 aliphatic rings. The molecule has 84 valence electrons. The van der Waals surface area contributed by atoms with Gasteiger partial charge in [-0.15, -0.1) is 0 Å². The summed E-state index contributed by atoms with van der Waals surface area (Å²) < 4.78 is 48.5. The van der Waals surface area contributed by atoms with Gasteiger partial charge < -0.3 is 5.32 Å². The summed E-state index contributed by atoms with van der Waals surface area (Å²) in [6.45, 7) is -1.02. The molecule has 0 saturated carbocycles. The van der Waals surface area contributed by atoms with Crippen LogP contribution in [0.1, 0.15) is 5.56 Å². The van der Waals surface area contributed by atoms with Crippen molar-refractivity contribution < 1.29 is 17.6 Å². The van der Waals surface area contributed by atoms with Gasteiger partial charge in [-0.2, -0.15) is 13.2 Å². The average molecular weight is 286 g/mol. The maximum absolute atomic E-state index is 12.6. The molecule has 15 heavy (non-hydrogen) atoms. The van der Waals surface area contributed by atoms with Gasteiger partial charge in [0.25, 0.3) is 0 Å². The monoisotopic (exact) mass is 285 g/mol. The summed E-state index contributed by atoms with van der Waals surface area (Å²) in [5.74, 6) is -0.429. The van der Waals surface area contributed by atoms with Crippen LogP contribution in [0.4, 0.5) is 17.6 Å². The summed E-state index contributed by atoms with van der Waals surface area (Å²) in [6.07, 6.45) is -4.23. The van der Waals surface area contributed by atoms with E-state index in [0.29, 0.717) is 10.0 Å². The third-order valence-electron chi connectivity index (χ3n) is 1.66. The summed E-state index contributed by atoms with van der Waals surface area (Å²) in [4.78, 5) is 0. The van der Waals surface area contributed by atoms with Gasteiger partial charge in [-0.3, -0.25) is 0 Å². The summed E-state index contributed by atoms with van der Waals surface area (Å²) in [7, 11) is 0. The van der Waals surface area contributed by atoms with E-state index in [9.17, 15) is 17.6 Å². The van der Waals surface area contributed by atoms with Crippen LogP contribution in [0.3, 0.4) is 0 Å². The Kier molecular flexibility index (Phi) is 4.10. The fourth-order valence-electron chi connectivity index (χ4n) is 1.00. The molecule has 0 aromatic heterocycles. The van der Waals surface area contributed by atoms with Crippen LogP contribution < -0.4 is 5.32 Å². The molecule has 6 heteroatoms. The van der Waals surface area contributed by atoms with Gasteiger partial charge in [-0.05, 0) is 17.7 Å². The minimum absolute atomic E-state index is 0.0420. The van der Waals surface area contributed by atoms with Gasteiger partial charge in [0.05, 0.1) is 6.54 Å². The predicted octanol–water partition coefficient (Wildman–Crippen LogP) is 3.24. The third kappa shape index (κ3) is 4.61. The Bertz CT molecular complexity index is 337. The van der Waals surface area contributed by atoms with E-state index < -0.39 is 18.5 Å². The molecule has 0 unspecified atom stereocenters. The molecule has 0 atom stereocenters. The largest absolute Gasteiger partial charge is 0.401 e. The molecule has 0 amide bonds. The van der Waals surface area contributed by atoms with Crippen molar-refractivity contribution in [3.63, 3.8) is 0 Å². The minimum Gasteiger partial charge on any atom is -0.305 e. The molecule has 0 fully saturated rings. The zero-order chi connectivity index (χ0) is 11.5. The smallest absolute Gasteiger partial charge is 0.305 e. The van der Waals surface area contributed by atoms with Crippen molar-refractivity contribution in [3.8, 4) is 0 Å². The van der Waals surface area contributed by atoms with Gasteiger partial charge in [-0.25, -0.2) is 4.39 Å². The lowest BCUT2D eigenvalue weighted by Gasteiger charge is -2.09. The lowest BCUT2D eigenvalue weighted by molar-refractivity contribution is -0.125. The van der Waals surface area contributed by atoms with Gasteiger partial charge in [0.1, 0.15) is 5.82 Å². The van der Waals surface area contributed by atoms with E-state index in [1.54, 1.807) is 0 Å². The Balaban J connectivity index is 2.51. The van der Waals surface area contributed by atoms with E-state index in [2.05, 4.69) is 21.2 Å².